The average Bonchev–Trinajstić information content (AvgIpc) is 2.80. The number of carbonyl (C=O) groups is 3. The van der Waals surface area contributed by atoms with Crippen molar-refractivity contribution >= 4 is 18.0 Å². The molecule has 1 aliphatic heterocycles. The van der Waals surface area contributed by atoms with Crippen molar-refractivity contribution in [3.8, 4) is 0 Å². The fourth-order valence-corrected chi connectivity index (χ4v) is 3.86. The highest BCUT2D eigenvalue weighted by Gasteiger charge is 2.34. The van der Waals surface area contributed by atoms with Gasteiger partial charge in [-0.25, -0.2) is 4.79 Å². The van der Waals surface area contributed by atoms with Gasteiger partial charge in [-0.15, -0.1) is 0 Å². The molecule has 1 aliphatic rings. The first kappa shape index (κ1) is 32.4. The van der Waals surface area contributed by atoms with E-state index in [4.69, 9.17) is 14.2 Å². The predicted octanol–water partition coefficient (Wildman–Crippen LogP) is 5.21. The summed E-state index contributed by atoms with van der Waals surface area (Å²) in [5.74, 6) is -0.999. The summed E-state index contributed by atoms with van der Waals surface area (Å²) in [6.07, 6.45) is 8.69. The minimum absolute atomic E-state index is 0.00111. The summed E-state index contributed by atoms with van der Waals surface area (Å²) in [6, 6.07) is 0.0621. The lowest BCUT2D eigenvalue weighted by Gasteiger charge is -2.32. The van der Waals surface area contributed by atoms with Gasteiger partial charge in [0.25, 0.3) is 0 Å². The highest BCUT2D eigenvalue weighted by Crippen LogP contribution is 2.28. The van der Waals surface area contributed by atoms with Crippen molar-refractivity contribution in [2.45, 2.75) is 98.5 Å². The molecule has 0 aliphatic carbocycles. The Morgan fingerprint density at radius 2 is 1.89 bits per heavy atom. The lowest BCUT2D eigenvalue weighted by Crippen LogP contribution is -2.41. The van der Waals surface area contributed by atoms with Gasteiger partial charge in [-0.3, -0.25) is 9.59 Å². The minimum atomic E-state index is -1.26. The molecule has 0 aromatic carbocycles. The number of cyclic esters (lactones) is 1. The third kappa shape index (κ3) is 11.5. The lowest BCUT2D eigenvalue weighted by atomic mass is 9.87. The van der Waals surface area contributed by atoms with Gasteiger partial charge in [0.1, 0.15) is 17.8 Å². The fourth-order valence-electron chi connectivity index (χ4n) is 3.86. The number of hydrogen-bond acceptors (Lipinski definition) is 7. The number of ether oxygens (including phenoxy) is 3. The summed E-state index contributed by atoms with van der Waals surface area (Å²) in [5.41, 5.74) is -0.419. The van der Waals surface area contributed by atoms with Crippen LogP contribution in [0.25, 0.3) is 0 Å². The van der Waals surface area contributed by atoms with E-state index in [9.17, 15) is 19.5 Å². The van der Waals surface area contributed by atoms with Crippen LogP contribution in [0, 0.1) is 17.8 Å². The molecule has 1 N–H and O–H groups in total. The topological polar surface area (TPSA) is 102 Å². The van der Waals surface area contributed by atoms with Gasteiger partial charge in [-0.1, -0.05) is 45.1 Å². The predicted molar refractivity (Wildman–Crippen MR) is 144 cm³/mol. The van der Waals surface area contributed by atoms with E-state index >= 15 is 0 Å². The maximum atomic E-state index is 12.7. The van der Waals surface area contributed by atoms with Crippen molar-refractivity contribution in [2.75, 3.05) is 13.7 Å². The third-order valence-corrected chi connectivity index (χ3v) is 6.67. The molecule has 0 radical (unpaired) electrons. The first-order valence-corrected chi connectivity index (χ1v) is 13.2. The molecule has 0 unspecified atom stereocenters. The largest absolute Gasteiger partial charge is 0.457 e. The molecule has 0 saturated heterocycles. The highest BCUT2D eigenvalue weighted by atomic mass is 16.6. The Balaban J connectivity index is 3.05. The Bertz CT molecular complexity index is 858. The van der Waals surface area contributed by atoms with Gasteiger partial charge in [0.2, 0.25) is 0 Å². The van der Waals surface area contributed by atoms with Gasteiger partial charge < -0.3 is 24.2 Å². The summed E-state index contributed by atoms with van der Waals surface area (Å²) < 4.78 is 16.7. The number of amides is 1. The molecule has 37 heavy (non-hydrogen) atoms. The molecule has 0 bridgehead atoms. The Morgan fingerprint density at radius 3 is 2.49 bits per heavy atom. The molecule has 8 nitrogen and oxygen atoms in total. The molecule has 0 aromatic heterocycles. The van der Waals surface area contributed by atoms with E-state index in [2.05, 4.69) is 0 Å². The molecule has 0 spiro atoms. The van der Waals surface area contributed by atoms with E-state index < -0.39 is 23.8 Å². The Morgan fingerprint density at radius 1 is 1.24 bits per heavy atom. The van der Waals surface area contributed by atoms with Crippen LogP contribution in [0.3, 0.4) is 0 Å². The first-order valence-electron chi connectivity index (χ1n) is 13.2. The number of rotatable bonds is 7. The van der Waals surface area contributed by atoms with E-state index in [0.29, 0.717) is 12.8 Å². The van der Waals surface area contributed by atoms with E-state index in [-0.39, 0.29) is 48.9 Å². The summed E-state index contributed by atoms with van der Waals surface area (Å²) in [7, 11) is 1.70. The number of esters is 2. The number of aliphatic hydroxyl groups is 1. The van der Waals surface area contributed by atoms with Crippen molar-refractivity contribution < 1.29 is 33.7 Å². The lowest BCUT2D eigenvalue weighted by molar-refractivity contribution is -0.156. The van der Waals surface area contributed by atoms with E-state index in [1.54, 1.807) is 24.9 Å². The molecule has 0 aromatic rings. The van der Waals surface area contributed by atoms with Crippen LogP contribution in [-0.2, 0) is 23.8 Å². The van der Waals surface area contributed by atoms with Crippen LogP contribution < -0.4 is 0 Å². The van der Waals surface area contributed by atoms with Gasteiger partial charge in [0, 0.05) is 38.3 Å². The summed E-state index contributed by atoms with van der Waals surface area (Å²) in [6.45, 7) is 14.8. The smallest absolute Gasteiger partial charge is 0.409 e. The van der Waals surface area contributed by atoms with Gasteiger partial charge in [0.15, 0.2) is 0 Å². The van der Waals surface area contributed by atoms with Gasteiger partial charge >= 0.3 is 18.0 Å². The van der Waals surface area contributed by atoms with Crippen LogP contribution in [0.15, 0.2) is 36.0 Å². The highest BCUT2D eigenvalue weighted by molar-refractivity contribution is 5.70. The fraction of sp³-hybridized carbons (Fsp3) is 0.690. The first-order chi connectivity index (χ1) is 17.1. The molecular weight excluding hydrogens is 474 g/mol. The second-order valence-corrected chi connectivity index (χ2v) is 10.9. The van der Waals surface area contributed by atoms with Crippen molar-refractivity contribution in [1.29, 1.82) is 0 Å². The van der Waals surface area contributed by atoms with Crippen LogP contribution in [0.5, 0.6) is 0 Å². The normalized spacial score (nSPS) is 29.6. The van der Waals surface area contributed by atoms with Crippen molar-refractivity contribution in [3.05, 3.63) is 36.0 Å². The molecule has 210 valence electrons. The maximum absolute atomic E-state index is 12.7. The van der Waals surface area contributed by atoms with Gasteiger partial charge in [-0.2, -0.15) is 0 Å². The Labute approximate surface area is 222 Å². The number of carbonyl (C=O) groups excluding carboxylic acids is 3. The van der Waals surface area contributed by atoms with Crippen LogP contribution >= 0.6 is 0 Å². The standard InChI is InChI=1S/C29H47NO7/c1-19(2)30(9)28(33)35-18-21(4)11-10-12-22(5)27-23(6)13-14-25(36-24(7)31)29(8,34)16-15-20(3)17-26(32)37-27/h10-14,19-21,23,25,27,34H,15-18H2,1-9H3/b11-10+,14-13+,22-12+/t20-,21-,23+,25+,27-,29-/m1/s1. The molecule has 8 heteroatoms. The molecule has 6 atom stereocenters. The van der Waals surface area contributed by atoms with E-state index in [0.717, 1.165) is 5.57 Å². The third-order valence-electron chi connectivity index (χ3n) is 6.67. The average molecular weight is 522 g/mol. The summed E-state index contributed by atoms with van der Waals surface area (Å²) in [4.78, 5) is 37.9. The molecule has 0 fully saturated rings. The Kier molecular flexibility index (Phi) is 13.1. The SMILES string of the molecule is CC(=O)O[C@H]1/C=C/[C@H](C)[C@@H](/C(C)=C/C=C/[C@@H](C)COC(=O)N(C)C(C)C)OC(=O)C[C@H](C)CC[C@@]1(C)O. The van der Waals surface area contributed by atoms with Gasteiger partial charge in [-0.05, 0) is 58.1 Å². The zero-order valence-electron chi connectivity index (χ0n) is 24.0. The van der Waals surface area contributed by atoms with Gasteiger partial charge in [0.05, 0.1) is 6.61 Å². The van der Waals surface area contributed by atoms with Crippen LogP contribution in [-0.4, -0.2) is 65.5 Å². The number of hydrogen-bond donors (Lipinski definition) is 1. The van der Waals surface area contributed by atoms with Crippen LogP contribution in [0.2, 0.25) is 0 Å². The Hall–Kier alpha value is -2.61. The zero-order valence-corrected chi connectivity index (χ0v) is 24.0. The quantitative estimate of drug-likeness (QED) is 0.212. The minimum Gasteiger partial charge on any atom is -0.457 e. The van der Waals surface area contributed by atoms with E-state index in [1.165, 1.54) is 6.92 Å². The molecule has 1 heterocycles. The number of nitrogens with zero attached hydrogens (tertiary/aromatic N) is 1. The summed E-state index contributed by atoms with van der Waals surface area (Å²) in [5, 5.41) is 11.0. The van der Waals surface area contributed by atoms with Crippen LogP contribution in [0.4, 0.5) is 4.79 Å². The van der Waals surface area contributed by atoms with E-state index in [1.807, 2.05) is 65.8 Å². The second-order valence-electron chi connectivity index (χ2n) is 10.9. The molecule has 1 rings (SSSR count). The van der Waals surface area contributed by atoms with Crippen LogP contribution in [0.1, 0.15) is 74.7 Å². The number of allylic oxidation sites excluding steroid dienone is 2. The zero-order chi connectivity index (χ0) is 28.3. The van der Waals surface area contributed by atoms with Crippen molar-refractivity contribution in [3.63, 3.8) is 0 Å². The molecular formula is C29H47NO7. The molecule has 0 saturated carbocycles. The monoisotopic (exact) mass is 521 g/mol. The van der Waals surface area contributed by atoms with Crippen molar-refractivity contribution in [2.24, 2.45) is 17.8 Å². The maximum Gasteiger partial charge on any atom is 0.409 e. The second kappa shape index (κ2) is 15.0. The summed E-state index contributed by atoms with van der Waals surface area (Å²) >= 11 is 0. The molecule has 1 amide bonds. The van der Waals surface area contributed by atoms with Crippen molar-refractivity contribution in [1.82, 2.24) is 4.90 Å².